The number of rotatable bonds is 6. The fourth-order valence-corrected chi connectivity index (χ4v) is 2.29. The van der Waals surface area contributed by atoms with Crippen LogP contribution in [0.1, 0.15) is 33.6 Å². The van der Waals surface area contributed by atoms with Gasteiger partial charge in [0, 0.05) is 5.39 Å². The standard InChI is InChI=1S/C18H25NO/c1-18(2,3)19-13-6-7-14-20-17-12-8-10-15-9-4-5-11-16(15)17/h4-5,8-12,19H,6-7,13-14H2,1-3H3/p+1. The minimum Gasteiger partial charge on any atom is -0.493 e. The molecule has 0 heterocycles. The molecular formula is C18H26NO+. The zero-order chi connectivity index (χ0) is 14.4. The number of hydrogen-bond acceptors (Lipinski definition) is 1. The van der Waals surface area contributed by atoms with E-state index in [9.17, 15) is 0 Å². The van der Waals surface area contributed by atoms with Crippen LogP contribution in [0, 0.1) is 0 Å². The lowest BCUT2D eigenvalue weighted by Crippen LogP contribution is -2.94. The molecule has 0 aliphatic carbocycles. The van der Waals surface area contributed by atoms with Crippen LogP contribution in [0.2, 0.25) is 0 Å². The molecule has 2 rings (SSSR count). The number of nitrogens with two attached hydrogens (primary N) is 1. The summed E-state index contributed by atoms with van der Waals surface area (Å²) < 4.78 is 5.94. The van der Waals surface area contributed by atoms with E-state index in [4.69, 9.17) is 4.74 Å². The highest BCUT2D eigenvalue weighted by Gasteiger charge is 2.11. The molecule has 0 aliphatic rings. The van der Waals surface area contributed by atoms with Crippen molar-refractivity contribution in [1.29, 1.82) is 0 Å². The molecule has 0 aromatic heterocycles. The van der Waals surface area contributed by atoms with Crippen LogP contribution in [-0.2, 0) is 0 Å². The van der Waals surface area contributed by atoms with E-state index in [0.717, 1.165) is 18.8 Å². The van der Waals surface area contributed by atoms with Gasteiger partial charge in [-0.1, -0.05) is 36.4 Å². The third-order valence-electron chi connectivity index (χ3n) is 3.36. The maximum Gasteiger partial charge on any atom is 0.127 e. The molecule has 0 spiro atoms. The summed E-state index contributed by atoms with van der Waals surface area (Å²) in [4.78, 5) is 0. The molecule has 0 amide bonds. The first-order valence-corrected chi connectivity index (χ1v) is 7.51. The van der Waals surface area contributed by atoms with E-state index < -0.39 is 0 Å². The lowest BCUT2D eigenvalue weighted by atomic mass is 10.1. The topological polar surface area (TPSA) is 25.8 Å². The quantitative estimate of drug-likeness (QED) is 0.802. The highest BCUT2D eigenvalue weighted by Crippen LogP contribution is 2.25. The van der Waals surface area contributed by atoms with Gasteiger partial charge < -0.3 is 10.1 Å². The van der Waals surface area contributed by atoms with Crippen molar-refractivity contribution in [1.82, 2.24) is 0 Å². The normalized spacial score (nSPS) is 11.8. The van der Waals surface area contributed by atoms with E-state index in [0.29, 0.717) is 5.54 Å². The summed E-state index contributed by atoms with van der Waals surface area (Å²) in [5.74, 6) is 1.00. The maximum absolute atomic E-state index is 5.94. The molecule has 0 aliphatic heterocycles. The third kappa shape index (κ3) is 4.53. The molecule has 108 valence electrons. The number of hydrogen-bond donors (Lipinski definition) is 1. The molecule has 0 saturated carbocycles. The van der Waals surface area contributed by atoms with E-state index in [1.165, 1.54) is 23.7 Å². The molecule has 0 atom stereocenters. The molecule has 0 radical (unpaired) electrons. The molecule has 2 N–H and O–H groups in total. The van der Waals surface area contributed by atoms with Crippen molar-refractivity contribution in [2.45, 2.75) is 39.2 Å². The van der Waals surface area contributed by atoms with Gasteiger partial charge in [-0.15, -0.1) is 0 Å². The van der Waals surface area contributed by atoms with Gasteiger partial charge in [-0.3, -0.25) is 0 Å². The van der Waals surface area contributed by atoms with Gasteiger partial charge in [-0.2, -0.15) is 0 Å². The summed E-state index contributed by atoms with van der Waals surface area (Å²) in [6.45, 7) is 8.72. The Kier molecular flexibility index (Phi) is 5.02. The molecule has 2 nitrogen and oxygen atoms in total. The lowest BCUT2D eigenvalue weighted by molar-refractivity contribution is -0.717. The number of fused-ring (bicyclic) bond motifs is 1. The molecule has 2 aromatic carbocycles. The van der Waals surface area contributed by atoms with Crippen LogP contribution in [0.15, 0.2) is 42.5 Å². The summed E-state index contributed by atoms with van der Waals surface area (Å²) >= 11 is 0. The smallest absolute Gasteiger partial charge is 0.127 e. The average Bonchev–Trinajstić information content (AvgIpc) is 2.41. The predicted molar refractivity (Wildman–Crippen MR) is 85.2 cm³/mol. The average molecular weight is 272 g/mol. The number of ether oxygens (including phenoxy) is 1. The first-order chi connectivity index (χ1) is 9.56. The summed E-state index contributed by atoms with van der Waals surface area (Å²) in [5, 5.41) is 4.84. The second-order valence-electron chi connectivity index (χ2n) is 6.39. The Morgan fingerprint density at radius 2 is 1.70 bits per heavy atom. The third-order valence-corrected chi connectivity index (χ3v) is 3.36. The first kappa shape index (κ1) is 14.9. The van der Waals surface area contributed by atoms with E-state index in [2.05, 4.69) is 68.6 Å². The van der Waals surface area contributed by atoms with Gasteiger partial charge in [0.15, 0.2) is 0 Å². The van der Waals surface area contributed by atoms with Crippen LogP contribution >= 0.6 is 0 Å². The van der Waals surface area contributed by atoms with Crippen molar-refractivity contribution < 1.29 is 10.1 Å². The molecule has 0 fully saturated rings. The van der Waals surface area contributed by atoms with Gasteiger partial charge in [0.2, 0.25) is 0 Å². The van der Waals surface area contributed by atoms with Crippen LogP contribution in [0.5, 0.6) is 5.75 Å². The number of unbranched alkanes of at least 4 members (excludes halogenated alkanes) is 1. The molecule has 20 heavy (non-hydrogen) atoms. The van der Waals surface area contributed by atoms with Gasteiger partial charge in [0.25, 0.3) is 0 Å². The molecule has 0 saturated heterocycles. The number of quaternary nitrogens is 1. The Bertz CT molecular complexity index is 537. The zero-order valence-electron chi connectivity index (χ0n) is 12.9. The van der Waals surface area contributed by atoms with Gasteiger partial charge in [0.1, 0.15) is 5.75 Å². The molecule has 2 heteroatoms. The Labute approximate surface area is 122 Å². The summed E-state index contributed by atoms with van der Waals surface area (Å²) in [6, 6.07) is 14.6. The molecule has 0 unspecified atom stereocenters. The van der Waals surface area contributed by atoms with Gasteiger partial charge in [0.05, 0.1) is 18.7 Å². The first-order valence-electron chi connectivity index (χ1n) is 7.51. The van der Waals surface area contributed by atoms with Crippen LogP contribution in [0.3, 0.4) is 0 Å². The van der Waals surface area contributed by atoms with Crippen LogP contribution < -0.4 is 10.1 Å². The Morgan fingerprint density at radius 1 is 0.950 bits per heavy atom. The monoisotopic (exact) mass is 272 g/mol. The van der Waals surface area contributed by atoms with Crippen molar-refractivity contribution in [3.05, 3.63) is 42.5 Å². The van der Waals surface area contributed by atoms with Crippen molar-refractivity contribution in [3.8, 4) is 5.75 Å². The van der Waals surface area contributed by atoms with E-state index in [-0.39, 0.29) is 0 Å². The van der Waals surface area contributed by atoms with Gasteiger partial charge in [-0.25, -0.2) is 0 Å². The lowest BCUT2D eigenvalue weighted by Gasteiger charge is -2.16. The number of benzene rings is 2. The van der Waals surface area contributed by atoms with Crippen LogP contribution in [0.25, 0.3) is 10.8 Å². The fraction of sp³-hybridized carbons (Fsp3) is 0.444. The SMILES string of the molecule is CC(C)(C)[NH2+]CCCCOc1cccc2ccccc12. The predicted octanol–water partition coefficient (Wildman–Crippen LogP) is 3.36. The van der Waals surface area contributed by atoms with Crippen molar-refractivity contribution in [2.75, 3.05) is 13.2 Å². The van der Waals surface area contributed by atoms with E-state index in [1.54, 1.807) is 0 Å². The second kappa shape index (κ2) is 6.76. The Morgan fingerprint density at radius 3 is 2.50 bits per heavy atom. The second-order valence-corrected chi connectivity index (χ2v) is 6.39. The summed E-state index contributed by atoms with van der Waals surface area (Å²) in [7, 11) is 0. The van der Waals surface area contributed by atoms with Gasteiger partial charge in [-0.05, 0) is 45.1 Å². The molecular weight excluding hydrogens is 246 g/mol. The Balaban J connectivity index is 1.79. The van der Waals surface area contributed by atoms with E-state index in [1.807, 2.05) is 0 Å². The maximum atomic E-state index is 5.94. The fourth-order valence-electron chi connectivity index (χ4n) is 2.29. The largest absolute Gasteiger partial charge is 0.493 e. The highest BCUT2D eigenvalue weighted by atomic mass is 16.5. The highest BCUT2D eigenvalue weighted by molar-refractivity contribution is 5.88. The minimum atomic E-state index is 0.330. The minimum absolute atomic E-state index is 0.330. The van der Waals surface area contributed by atoms with Gasteiger partial charge >= 0.3 is 0 Å². The van der Waals surface area contributed by atoms with Crippen molar-refractivity contribution in [2.24, 2.45) is 0 Å². The molecule has 2 aromatic rings. The molecule has 0 bridgehead atoms. The van der Waals surface area contributed by atoms with E-state index >= 15 is 0 Å². The summed E-state index contributed by atoms with van der Waals surface area (Å²) in [6.07, 6.45) is 2.30. The zero-order valence-corrected chi connectivity index (χ0v) is 12.9. The summed E-state index contributed by atoms with van der Waals surface area (Å²) in [5.41, 5.74) is 0.330. The van der Waals surface area contributed by atoms with Crippen molar-refractivity contribution >= 4 is 10.8 Å². The van der Waals surface area contributed by atoms with Crippen LogP contribution in [0.4, 0.5) is 0 Å². The van der Waals surface area contributed by atoms with Crippen LogP contribution in [-0.4, -0.2) is 18.7 Å². The Hall–Kier alpha value is -1.54. The van der Waals surface area contributed by atoms with Crippen molar-refractivity contribution in [3.63, 3.8) is 0 Å².